The van der Waals surface area contributed by atoms with Crippen molar-refractivity contribution >= 4 is 23.3 Å². The second-order valence-electron chi connectivity index (χ2n) is 7.50. The first-order valence-corrected chi connectivity index (χ1v) is 10.6. The van der Waals surface area contributed by atoms with Gasteiger partial charge in [0, 0.05) is 25.4 Å². The van der Waals surface area contributed by atoms with Gasteiger partial charge in [-0.25, -0.2) is 35.2 Å². The summed E-state index contributed by atoms with van der Waals surface area (Å²) in [7, 11) is 0. The third-order valence-electron chi connectivity index (χ3n) is 5.15. The lowest BCUT2D eigenvalue weighted by Gasteiger charge is -2.21. The second kappa shape index (κ2) is 9.27. The number of nitrogens with zero attached hydrogens (tertiary/aromatic N) is 6. The number of anilines is 2. The number of ether oxygens (including phenoxy) is 1. The molecule has 1 atom stereocenters. The Kier molecular flexibility index (Phi) is 5.87. The van der Waals surface area contributed by atoms with Gasteiger partial charge in [0.2, 0.25) is 5.95 Å². The number of fused-ring (bicyclic) bond motifs is 1. The van der Waals surface area contributed by atoms with E-state index in [0.29, 0.717) is 18.4 Å². The average molecular weight is 446 g/mol. The van der Waals surface area contributed by atoms with Crippen molar-refractivity contribution < 1.29 is 14.4 Å². The van der Waals surface area contributed by atoms with Gasteiger partial charge >= 0.3 is 0 Å². The smallest absolute Gasteiger partial charge is 0.295 e. The molecule has 0 aromatic carbocycles. The van der Waals surface area contributed by atoms with E-state index in [2.05, 4.69) is 35.7 Å². The summed E-state index contributed by atoms with van der Waals surface area (Å²) in [6.45, 7) is 2.57. The van der Waals surface area contributed by atoms with E-state index in [1.165, 1.54) is 12.4 Å². The normalized spacial score (nSPS) is 16.0. The fourth-order valence-electron chi connectivity index (χ4n) is 3.57. The molecule has 0 radical (unpaired) electrons. The van der Waals surface area contributed by atoms with Crippen molar-refractivity contribution in [3.8, 4) is 11.4 Å². The molecule has 4 aromatic heterocycles. The van der Waals surface area contributed by atoms with Crippen LogP contribution in [0.25, 0.3) is 17.0 Å². The quantitative estimate of drug-likeness (QED) is 0.430. The maximum absolute atomic E-state index is 12.2. The molecule has 1 saturated heterocycles. The Morgan fingerprint density at radius 3 is 2.91 bits per heavy atom. The van der Waals surface area contributed by atoms with Crippen molar-refractivity contribution in [2.24, 2.45) is 0 Å². The highest BCUT2D eigenvalue weighted by Crippen LogP contribution is 2.24. The second-order valence-corrected chi connectivity index (χ2v) is 7.50. The Bertz CT molecular complexity index is 1270. The molecule has 1 aliphatic rings. The lowest BCUT2D eigenvalue weighted by molar-refractivity contribution is -0.186. The molecule has 0 saturated carbocycles. The van der Waals surface area contributed by atoms with E-state index in [9.17, 15) is 4.79 Å². The van der Waals surface area contributed by atoms with E-state index in [1.54, 1.807) is 6.20 Å². The number of rotatable bonds is 6. The van der Waals surface area contributed by atoms with Crippen molar-refractivity contribution in [2.45, 2.75) is 32.5 Å². The van der Waals surface area contributed by atoms with Crippen LogP contribution in [0.5, 0.6) is 0 Å². The van der Waals surface area contributed by atoms with Gasteiger partial charge in [0.25, 0.3) is 5.91 Å². The minimum Gasteiger partial charge on any atom is -0.350 e. The Morgan fingerprint density at radius 1 is 1.15 bits per heavy atom. The Hall–Kier alpha value is -3.96. The van der Waals surface area contributed by atoms with Gasteiger partial charge in [-0.1, -0.05) is 6.07 Å². The van der Waals surface area contributed by atoms with Gasteiger partial charge in [-0.2, -0.15) is 0 Å². The lowest BCUT2D eigenvalue weighted by atomic mass is 10.2. The number of hydrogen-bond acceptors (Lipinski definition) is 9. The zero-order valence-electron chi connectivity index (χ0n) is 17.9. The summed E-state index contributed by atoms with van der Waals surface area (Å²) < 4.78 is 7.40. The molecule has 1 unspecified atom stereocenters. The molecule has 0 bridgehead atoms. The Morgan fingerprint density at radius 2 is 2.09 bits per heavy atom. The maximum atomic E-state index is 12.2. The first-order chi connectivity index (χ1) is 16.2. The number of carbonyl (C=O) groups is 1. The van der Waals surface area contributed by atoms with Crippen LogP contribution in [0, 0.1) is 6.92 Å². The van der Waals surface area contributed by atoms with Gasteiger partial charge in [-0.3, -0.25) is 9.20 Å². The van der Waals surface area contributed by atoms with Crippen molar-refractivity contribution in [2.75, 3.05) is 11.9 Å². The van der Waals surface area contributed by atoms with Crippen LogP contribution in [0.1, 0.15) is 35.4 Å². The van der Waals surface area contributed by atoms with E-state index in [1.807, 2.05) is 41.8 Å². The molecule has 11 heteroatoms. The molecule has 1 aliphatic heterocycles. The van der Waals surface area contributed by atoms with E-state index in [0.717, 1.165) is 42.0 Å². The molecule has 4 aromatic rings. The maximum Gasteiger partial charge on any atom is 0.295 e. The summed E-state index contributed by atoms with van der Waals surface area (Å²) in [5, 5.41) is 3.02. The molecular weight excluding hydrogens is 424 g/mol. The predicted molar refractivity (Wildman–Crippen MR) is 118 cm³/mol. The molecule has 1 fully saturated rings. The van der Waals surface area contributed by atoms with Crippen LogP contribution >= 0.6 is 0 Å². The number of aryl methyl sites for hydroxylation is 1. The number of amides is 1. The van der Waals surface area contributed by atoms with Crippen molar-refractivity contribution in [3.05, 3.63) is 60.4 Å². The summed E-state index contributed by atoms with van der Waals surface area (Å²) >= 11 is 0. The molecule has 0 aliphatic carbocycles. The number of nitrogens with one attached hydrogen (secondary N) is 2. The Labute approximate surface area is 189 Å². The highest BCUT2D eigenvalue weighted by atomic mass is 16.8. The van der Waals surface area contributed by atoms with Crippen molar-refractivity contribution in [3.63, 3.8) is 0 Å². The first kappa shape index (κ1) is 20.9. The number of carbonyl (C=O) groups excluding carboxylic acids is 1. The fourth-order valence-corrected chi connectivity index (χ4v) is 3.57. The van der Waals surface area contributed by atoms with Gasteiger partial charge in [0.1, 0.15) is 11.3 Å². The number of pyridine rings is 1. The molecule has 11 nitrogen and oxygen atoms in total. The lowest BCUT2D eigenvalue weighted by Crippen LogP contribution is -2.33. The molecule has 5 heterocycles. The molecule has 0 spiro atoms. The largest absolute Gasteiger partial charge is 0.350 e. The first-order valence-electron chi connectivity index (χ1n) is 10.6. The van der Waals surface area contributed by atoms with Crippen LogP contribution in [-0.2, 0) is 9.57 Å². The van der Waals surface area contributed by atoms with Crippen LogP contribution < -0.4 is 10.8 Å². The highest BCUT2D eigenvalue weighted by molar-refractivity contribution is 5.91. The minimum absolute atomic E-state index is 0.118. The highest BCUT2D eigenvalue weighted by Gasteiger charge is 2.17. The van der Waals surface area contributed by atoms with Crippen LogP contribution in [-0.4, -0.2) is 48.1 Å². The number of aromatic nitrogens is 6. The molecule has 33 heavy (non-hydrogen) atoms. The van der Waals surface area contributed by atoms with E-state index >= 15 is 0 Å². The summed E-state index contributed by atoms with van der Waals surface area (Å²) in [5.41, 5.74) is 5.79. The van der Waals surface area contributed by atoms with Gasteiger partial charge in [-0.15, -0.1) is 0 Å². The summed E-state index contributed by atoms with van der Waals surface area (Å²) in [4.78, 5) is 39.3. The molecule has 168 valence electrons. The summed E-state index contributed by atoms with van der Waals surface area (Å²) in [6, 6.07) is 7.65. The summed E-state index contributed by atoms with van der Waals surface area (Å²) in [6.07, 6.45) is 8.69. The standard InChI is InChI=1S/C22H22N8O3/c1-14-20(30-10-4-2-6-18(30)26-14)15-8-9-23-22(27-15)28-17-13-24-16(12-25-17)21(31)29-33-19-7-3-5-11-32-19/h2,4,6,8-10,12-13,19H,3,5,7,11H2,1H3,(H,29,31)(H,23,25,27,28). The van der Waals surface area contributed by atoms with Crippen LogP contribution in [0.2, 0.25) is 0 Å². The van der Waals surface area contributed by atoms with Gasteiger partial charge in [0.05, 0.1) is 29.5 Å². The van der Waals surface area contributed by atoms with E-state index in [-0.39, 0.29) is 5.69 Å². The molecule has 2 N–H and O–H groups in total. The van der Waals surface area contributed by atoms with Gasteiger partial charge in [0.15, 0.2) is 12.1 Å². The number of hydroxylamine groups is 1. The van der Waals surface area contributed by atoms with Crippen LogP contribution in [0.4, 0.5) is 11.8 Å². The zero-order valence-corrected chi connectivity index (χ0v) is 17.9. The zero-order chi connectivity index (χ0) is 22.6. The van der Waals surface area contributed by atoms with E-state index in [4.69, 9.17) is 9.57 Å². The molecule has 5 rings (SSSR count). The number of hydrogen-bond donors (Lipinski definition) is 2. The fraction of sp³-hybridized carbons (Fsp3) is 0.273. The predicted octanol–water partition coefficient (Wildman–Crippen LogP) is 2.82. The van der Waals surface area contributed by atoms with Crippen LogP contribution in [0.15, 0.2) is 49.1 Å². The third kappa shape index (κ3) is 4.64. The van der Waals surface area contributed by atoms with Crippen LogP contribution in [0.3, 0.4) is 0 Å². The SMILES string of the molecule is Cc1nc2ccccn2c1-c1ccnc(Nc2cnc(C(=O)NOC3CCCCO3)cn2)n1. The topological polar surface area (TPSA) is 128 Å². The monoisotopic (exact) mass is 446 g/mol. The summed E-state index contributed by atoms with van der Waals surface area (Å²) in [5.74, 6) is 0.252. The molecule has 1 amide bonds. The average Bonchev–Trinajstić information content (AvgIpc) is 3.19. The Balaban J connectivity index is 1.27. The van der Waals surface area contributed by atoms with E-state index < -0.39 is 12.2 Å². The van der Waals surface area contributed by atoms with Crippen molar-refractivity contribution in [1.82, 2.24) is 34.8 Å². The van der Waals surface area contributed by atoms with Gasteiger partial charge < -0.3 is 10.1 Å². The van der Waals surface area contributed by atoms with Crippen molar-refractivity contribution in [1.29, 1.82) is 0 Å². The number of imidazole rings is 1. The molecular formula is C22H22N8O3. The third-order valence-corrected chi connectivity index (χ3v) is 5.15. The minimum atomic E-state index is -0.496. The van der Waals surface area contributed by atoms with Gasteiger partial charge in [-0.05, 0) is 38.0 Å².